The molecule has 3 rings (SSSR count). The summed E-state index contributed by atoms with van der Waals surface area (Å²) in [6.07, 6.45) is 4.34. The first-order chi connectivity index (χ1) is 8.27. The number of amidine groups is 1. The zero-order valence-electron chi connectivity index (χ0n) is 8.87. The van der Waals surface area contributed by atoms with Crippen LogP contribution in [-0.2, 0) is 4.74 Å². The van der Waals surface area contributed by atoms with Crippen molar-refractivity contribution in [2.24, 2.45) is 0 Å². The van der Waals surface area contributed by atoms with Crippen LogP contribution in [0.25, 0.3) is 0 Å². The number of fused-ring (bicyclic) bond motifs is 1. The average Bonchev–Trinajstić information content (AvgIpc) is 2.89. The van der Waals surface area contributed by atoms with Gasteiger partial charge in [0.15, 0.2) is 0 Å². The molecule has 1 amide bonds. The van der Waals surface area contributed by atoms with Crippen LogP contribution in [0.4, 0.5) is 0 Å². The maximum atomic E-state index is 12.2. The Morgan fingerprint density at radius 3 is 3.18 bits per heavy atom. The predicted molar refractivity (Wildman–Crippen MR) is 61.9 cm³/mol. The molecule has 0 radical (unpaired) electrons. The van der Waals surface area contributed by atoms with Crippen LogP contribution in [0.5, 0.6) is 0 Å². The van der Waals surface area contributed by atoms with Gasteiger partial charge in [-0.3, -0.25) is 20.1 Å². The van der Waals surface area contributed by atoms with Gasteiger partial charge < -0.3 is 4.74 Å². The lowest BCUT2D eigenvalue weighted by atomic mass is 10.2. The lowest BCUT2D eigenvalue weighted by molar-refractivity contribution is 0.0817. The van der Waals surface area contributed by atoms with Crippen LogP contribution in [0.15, 0.2) is 18.6 Å². The van der Waals surface area contributed by atoms with E-state index in [0.717, 1.165) is 11.5 Å². The summed E-state index contributed by atoms with van der Waals surface area (Å²) in [7, 11) is 0. The quantitative estimate of drug-likeness (QED) is 0.779. The minimum Gasteiger partial charge on any atom is -0.459 e. The summed E-state index contributed by atoms with van der Waals surface area (Å²) >= 11 is 1.73. The van der Waals surface area contributed by atoms with Crippen LogP contribution < -0.4 is 0 Å². The van der Waals surface area contributed by atoms with Crippen molar-refractivity contribution in [2.75, 3.05) is 11.5 Å². The maximum Gasteiger partial charge on any atom is 0.292 e. The van der Waals surface area contributed by atoms with Crippen molar-refractivity contribution < 1.29 is 9.53 Å². The summed E-state index contributed by atoms with van der Waals surface area (Å²) in [5, 5.41) is 7.71. The van der Waals surface area contributed by atoms with Crippen LogP contribution >= 0.6 is 11.8 Å². The number of carbonyl (C=O) groups excluding carboxylic acids is 1. The Bertz CT molecular complexity index is 467. The summed E-state index contributed by atoms with van der Waals surface area (Å²) < 4.78 is 5.36. The van der Waals surface area contributed by atoms with Crippen molar-refractivity contribution in [3.63, 3.8) is 0 Å². The molecule has 2 saturated heterocycles. The van der Waals surface area contributed by atoms with Gasteiger partial charge in [0.1, 0.15) is 11.8 Å². The van der Waals surface area contributed by atoms with E-state index in [1.807, 2.05) is 0 Å². The van der Waals surface area contributed by atoms with Crippen molar-refractivity contribution in [3.05, 3.63) is 24.3 Å². The number of hydrogen-bond acceptors (Lipinski definition) is 6. The van der Waals surface area contributed by atoms with Gasteiger partial charge >= 0.3 is 0 Å². The fraction of sp³-hybridized carbons (Fsp3) is 0.400. The third-order valence-corrected chi connectivity index (χ3v) is 3.96. The maximum absolute atomic E-state index is 12.2. The molecule has 6 nitrogen and oxygen atoms in total. The number of hydrogen-bond donors (Lipinski definition) is 1. The molecule has 0 bridgehead atoms. The number of nitrogens with zero attached hydrogens (tertiary/aromatic N) is 3. The molecule has 2 fully saturated rings. The summed E-state index contributed by atoms with van der Waals surface area (Å²) in [5.74, 6) is 1.33. The predicted octanol–water partition coefficient (Wildman–Crippen LogP) is 0.368. The van der Waals surface area contributed by atoms with E-state index in [4.69, 9.17) is 10.1 Å². The molecular formula is C10H10N4O2S. The minimum atomic E-state index is -0.307. The molecule has 0 saturated carbocycles. The molecular weight excluding hydrogens is 240 g/mol. The van der Waals surface area contributed by atoms with Gasteiger partial charge in [-0.2, -0.15) is 11.8 Å². The summed E-state index contributed by atoms with van der Waals surface area (Å²) in [5.41, 5.74) is 0.249. The molecule has 0 aliphatic carbocycles. The van der Waals surface area contributed by atoms with Gasteiger partial charge in [0.25, 0.3) is 11.9 Å². The number of amides is 1. The number of rotatable bonds is 1. The van der Waals surface area contributed by atoms with Crippen LogP contribution in [0.3, 0.4) is 0 Å². The second-order valence-electron chi connectivity index (χ2n) is 3.83. The largest absolute Gasteiger partial charge is 0.459 e. The Labute approximate surface area is 102 Å². The SMILES string of the molecule is N=C1OC2CSCC2N1C(=O)c1cnccn1. The highest BCUT2D eigenvalue weighted by Gasteiger charge is 2.46. The number of nitrogens with one attached hydrogen (secondary N) is 1. The van der Waals surface area contributed by atoms with Gasteiger partial charge in [-0.1, -0.05) is 0 Å². The van der Waals surface area contributed by atoms with Gasteiger partial charge in [-0.25, -0.2) is 4.98 Å². The zero-order chi connectivity index (χ0) is 11.8. The first kappa shape index (κ1) is 10.5. The van der Waals surface area contributed by atoms with E-state index in [9.17, 15) is 4.79 Å². The molecule has 2 atom stereocenters. The van der Waals surface area contributed by atoms with Crippen molar-refractivity contribution in [3.8, 4) is 0 Å². The highest BCUT2D eigenvalue weighted by atomic mass is 32.2. The van der Waals surface area contributed by atoms with Crippen LogP contribution in [0, 0.1) is 5.41 Å². The standard InChI is InChI=1S/C10H10N4O2S/c11-10-14(7-4-17-5-8(7)16-10)9(15)6-3-12-1-2-13-6/h1-3,7-8,11H,4-5H2. The number of thioether (sulfide) groups is 1. The molecule has 3 heterocycles. The lowest BCUT2D eigenvalue weighted by Gasteiger charge is -2.18. The van der Waals surface area contributed by atoms with Crippen molar-refractivity contribution in [1.82, 2.24) is 14.9 Å². The molecule has 88 valence electrons. The second-order valence-corrected chi connectivity index (χ2v) is 4.91. The van der Waals surface area contributed by atoms with Crippen molar-refractivity contribution >= 4 is 23.7 Å². The van der Waals surface area contributed by atoms with Crippen LogP contribution in [0.1, 0.15) is 10.5 Å². The topological polar surface area (TPSA) is 79.2 Å². The Morgan fingerprint density at radius 2 is 2.41 bits per heavy atom. The summed E-state index contributed by atoms with van der Waals surface area (Å²) in [4.78, 5) is 21.4. The zero-order valence-corrected chi connectivity index (χ0v) is 9.68. The molecule has 1 aromatic heterocycles. The van der Waals surface area contributed by atoms with Crippen LogP contribution in [-0.4, -0.2) is 50.4 Å². The smallest absolute Gasteiger partial charge is 0.292 e. The van der Waals surface area contributed by atoms with E-state index in [1.165, 1.54) is 23.5 Å². The number of ether oxygens (including phenoxy) is 1. The van der Waals surface area contributed by atoms with Crippen molar-refractivity contribution in [1.29, 1.82) is 5.41 Å². The lowest BCUT2D eigenvalue weighted by Crippen LogP contribution is -2.41. The molecule has 2 aliphatic heterocycles. The molecule has 17 heavy (non-hydrogen) atoms. The Hall–Kier alpha value is -1.63. The van der Waals surface area contributed by atoms with Gasteiger partial charge in [-0.15, -0.1) is 0 Å². The molecule has 0 aromatic carbocycles. The van der Waals surface area contributed by atoms with E-state index >= 15 is 0 Å². The minimum absolute atomic E-state index is 0.0398. The summed E-state index contributed by atoms with van der Waals surface area (Å²) in [6.45, 7) is 0. The molecule has 7 heteroatoms. The summed E-state index contributed by atoms with van der Waals surface area (Å²) in [6, 6.07) is -0.113. The Kier molecular flexibility index (Phi) is 2.47. The molecule has 1 N–H and O–H groups in total. The van der Waals surface area contributed by atoms with E-state index in [0.29, 0.717) is 0 Å². The van der Waals surface area contributed by atoms with Crippen molar-refractivity contribution in [2.45, 2.75) is 12.1 Å². The highest BCUT2D eigenvalue weighted by molar-refractivity contribution is 7.99. The second kappa shape index (κ2) is 3.99. The molecule has 2 aliphatic rings. The average molecular weight is 250 g/mol. The van der Waals surface area contributed by atoms with Gasteiger partial charge in [-0.05, 0) is 0 Å². The molecule has 2 unspecified atom stereocenters. The first-order valence-corrected chi connectivity index (χ1v) is 6.35. The molecule has 0 spiro atoms. The first-order valence-electron chi connectivity index (χ1n) is 5.20. The Morgan fingerprint density at radius 1 is 1.53 bits per heavy atom. The van der Waals surface area contributed by atoms with Crippen LogP contribution in [0.2, 0.25) is 0 Å². The number of aromatic nitrogens is 2. The monoisotopic (exact) mass is 250 g/mol. The van der Waals surface area contributed by atoms with E-state index in [2.05, 4.69) is 9.97 Å². The van der Waals surface area contributed by atoms with Gasteiger partial charge in [0.2, 0.25) is 0 Å². The van der Waals surface area contributed by atoms with Gasteiger partial charge in [0.05, 0.1) is 12.2 Å². The van der Waals surface area contributed by atoms with Gasteiger partial charge in [0, 0.05) is 23.9 Å². The fourth-order valence-corrected chi connectivity index (χ4v) is 3.27. The van der Waals surface area contributed by atoms with E-state index in [1.54, 1.807) is 11.8 Å². The third-order valence-electron chi connectivity index (χ3n) is 2.81. The highest BCUT2D eigenvalue weighted by Crippen LogP contribution is 2.31. The normalized spacial score (nSPS) is 26.8. The van der Waals surface area contributed by atoms with E-state index < -0.39 is 0 Å². The number of carbonyl (C=O) groups is 1. The molecule has 1 aromatic rings. The Balaban J connectivity index is 1.89. The fourth-order valence-electron chi connectivity index (χ4n) is 2.00. The third kappa shape index (κ3) is 1.66. The van der Waals surface area contributed by atoms with E-state index in [-0.39, 0.29) is 29.8 Å².